The molecule has 22 heavy (non-hydrogen) atoms. The maximum atomic E-state index is 12.3. The quantitative estimate of drug-likeness (QED) is 0.415. The summed E-state index contributed by atoms with van der Waals surface area (Å²) in [6, 6.07) is 12.9. The van der Waals surface area contributed by atoms with Gasteiger partial charge in [-0.25, -0.2) is 9.66 Å². The summed E-state index contributed by atoms with van der Waals surface area (Å²) < 4.78 is 2.11. The van der Waals surface area contributed by atoms with E-state index in [2.05, 4.69) is 20.9 Å². The van der Waals surface area contributed by atoms with Gasteiger partial charge in [0, 0.05) is 15.2 Å². The maximum Gasteiger partial charge on any atom is 0.280 e. The minimum absolute atomic E-state index is 0.278. The van der Waals surface area contributed by atoms with Gasteiger partial charge in [-0.3, -0.25) is 4.79 Å². The molecule has 0 amide bonds. The van der Waals surface area contributed by atoms with Crippen molar-refractivity contribution < 1.29 is 0 Å². The Labute approximate surface area is 144 Å². The van der Waals surface area contributed by atoms with E-state index >= 15 is 0 Å². The number of nitrogens with zero attached hydrogens (tertiary/aromatic N) is 2. The third-order valence-electron chi connectivity index (χ3n) is 3.11. The van der Waals surface area contributed by atoms with E-state index < -0.39 is 0 Å². The molecule has 7 heteroatoms. The summed E-state index contributed by atoms with van der Waals surface area (Å²) >= 11 is 10.8. The molecular weight excluding hydrogens is 386 g/mol. The monoisotopic (exact) mass is 395 g/mol. The van der Waals surface area contributed by atoms with Crippen LogP contribution in [0.2, 0.25) is 5.02 Å². The van der Waals surface area contributed by atoms with Gasteiger partial charge in [-0.2, -0.15) is 0 Å². The molecule has 1 aromatic heterocycles. The molecule has 0 spiro atoms. The van der Waals surface area contributed by atoms with E-state index in [0.29, 0.717) is 26.8 Å². The fourth-order valence-electron chi connectivity index (χ4n) is 1.98. The SMILES string of the molecule is Nn1c(SCc2ccc(Br)cc2)nc2cc(Cl)ccc2c1=O. The molecule has 3 rings (SSSR count). The zero-order valence-electron chi connectivity index (χ0n) is 11.3. The highest BCUT2D eigenvalue weighted by molar-refractivity contribution is 9.10. The molecule has 0 saturated carbocycles. The number of nitrogen functional groups attached to an aromatic ring is 1. The van der Waals surface area contributed by atoms with Crippen LogP contribution in [0.25, 0.3) is 10.9 Å². The van der Waals surface area contributed by atoms with Gasteiger partial charge in [0.15, 0.2) is 5.16 Å². The minimum Gasteiger partial charge on any atom is -0.334 e. The van der Waals surface area contributed by atoms with Crippen LogP contribution in [0.4, 0.5) is 0 Å². The summed E-state index contributed by atoms with van der Waals surface area (Å²) in [5.74, 6) is 6.52. The number of fused-ring (bicyclic) bond motifs is 1. The Kier molecular flexibility index (Phi) is 4.42. The second-order valence-electron chi connectivity index (χ2n) is 4.65. The van der Waals surface area contributed by atoms with Gasteiger partial charge in [0.05, 0.1) is 10.9 Å². The summed E-state index contributed by atoms with van der Waals surface area (Å²) in [4.78, 5) is 16.7. The number of aromatic nitrogens is 2. The molecule has 0 atom stereocenters. The average molecular weight is 397 g/mol. The fourth-order valence-corrected chi connectivity index (χ4v) is 3.29. The van der Waals surface area contributed by atoms with Gasteiger partial charge in [0.1, 0.15) is 0 Å². The van der Waals surface area contributed by atoms with Crippen molar-refractivity contribution in [2.75, 3.05) is 5.84 Å². The molecule has 2 N–H and O–H groups in total. The molecule has 3 aromatic rings. The van der Waals surface area contributed by atoms with Crippen molar-refractivity contribution in [1.82, 2.24) is 9.66 Å². The third-order valence-corrected chi connectivity index (χ3v) is 4.90. The Morgan fingerprint density at radius 1 is 1.23 bits per heavy atom. The van der Waals surface area contributed by atoms with Gasteiger partial charge in [-0.1, -0.05) is 51.4 Å². The van der Waals surface area contributed by atoms with Crippen molar-refractivity contribution >= 4 is 50.2 Å². The van der Waals surface area contributed by atoms with E-state index in [1.165, 1.54) is 11.8 Å². The molecule has 0 radical (unpaired) electrons. The lowest BCUT2D eigenvalue weighted by Gasteiger charge is -2.08. The van der Waals surface area contributed by atoms with E-state index in [1.54, 1.807) is 18.2 Å². The summed E-state index contributed by atoms with van der Waals surface area (Å²) in [5.41, 5.74) is 1.39. The van der Waals surface area contributed by atoms with Gasteiger partial charge in [0.2, 0.25) is 0 Å². The van der Waals surface area contributed by atoms with E-state index in [0.717, 1.165) is 14.7 Å². The lowest BCUT2D eigenvalue weighted by Crippen LogP contribution is -2.29. The van der Waals surface area contributed by atoms with Crippen LogP contribution in [-0.4, -0.2) is 9.66 Å². The van der Waals surface area contributed by atoms with Gasteiger partial charge in [-0.05, 0) is 35.9 Å². The topological polar surface area (TPSA) is 60.9 Å². The van der Waals surface area contributed by atoms with Crippen molar-refractivity contribution in [3.63, 3.8) is 0 Å². The zero-order valence-corrected chi connectivity index (χ0v) is 14.5. The van der Waals surface area contributed by atoms with Crippen molar-refractivity contribution in [1.29, 1.82) is 0 Å². The lowest BCUT2D eigenvalue weighted by atomic mass is 10.2. The highest BCUT2D eigenvalue weighted by atomic mass is 79.9. The second kappa shape index (κ2) is 6.32. The largest absolute Gasteiger partial charge is 0.334 e. The number of hydrogen-bond donors (Lipinski definition) is 1. The molecule has 0 aliphatic carbocycles. The number of nitrogens with two attached hydrogens (primary N) is 1. The maximum absolute atomic E-state index is 12.3. The normalized spacial score (nSPS) is 11.0. The Balaban J connectivity index is 1.94. The molecule has 4 nitrogen and oxygen atoms in total. The molecule has 0 saturated heterocycles. The molecule has 0 bridgehead atoms. The molecule has 1 heterocycles. The Bertz CT molecular complexity index is 896. The summed E-state index contributed by atoms with van der Waals surface area (Å²) in [5, 5.41) is 1.46. The van der Waals surface area contributed by atoms with Crippen LogP contribution in [0.3, 0.4) is 0 Å². The molecule has 0 aliphatic rings. The number of halogens is 2. The van der Waals surface area contributed by atoms with Crippen molar-refractivity contribution in [2.45, 2.75) is 10.9 Å². The van der Waals surface area contributed by atoms with Crippen LogP contribution in [-0.2, 0) is 5.75 Å². The molecule has 0 unspecified atom stereocenters. The third kappa shape index (κ3) is 3.14. The minimum atomic E-state index is -0.278. The first-order chi connectivity index (χ1) is 10.5. The van der Waals surface area contributed by atoms with Crippen molar-refractivity contribution in [3.05, 3.63) is 67.9 Å². The standard InChI is InChI=1S/C15H11BrClN3OS/c16-10-3-1-9(2-4-10)8-22-15-19-13-7-11(17)5-6-12(13)14(21)20(15)18/h1-7H,8,18H2. The second-order valence-corrected chi connectivity index (χ2v) is 6.94. The number of hydrogen-bond acceptors (Lipinski definition) is 4. The predicted molar refractivity (Wildman–Crippen MR) is 94.9 cm³/mol. The van der Waals surface area contributed by atoms with Gasteiger partial charge >= 0.3 is 0 Å². The predicted octanol–water partition coefficient (Wildman–Crippen LogP) is 3.82. The van der Waals surface area contributed by atoms with Crippen LogP contribution in [0.5, 0.6) is 0 Å². The van der Waals surface area contributed by atoms with E-state index in [1.807, 2.05) is 24.3 Å². The Morgan fingerprint density at radius 3 is 2.68 bits per heavy atom. The zero-order chi connectivity index (χ0) is 15.7. The Morgan fingerprint density at radius 2 is 1.95 bits per heavy atom. The first-order valence-electron chi connectivity index (χ1n) is 6.39. The van der Waals surface area contributed by atoms with E-state index in [-0.39, 0.29) is 5.56 Å². The number of thioether (sulfide) groups is 1. The number of benzene rings is 2. The van der Waals surface area contributed by atoms with Gasteiger partial charge in [-0.15, -0.1) is 0 Å². The lowest BCUT2D eigenvalue weighted by molar-refractivity contribution is 0.779. The van der Waals surface area contributed by atoms with Gasteiger partial charge in [0.25, 0.3) is 5.56 Å². The fraction of sp³-hybridized carbons (Fsp3) is 0.0667. The number of rotatable bonds is 3. The molecule has 112 valence electrons. The van der Waals surface area contributed by atoms with E-state index in [9.17, 15) is 4.79 Å². The first-order valence-corrected chi connectivity index (χ1v) is 8.55. The molecule has 0 aliphatic heterocycles. The molecular formula is C15H11BrClN3OS. The summed E-state index contributed by atoms with van der Waals surface area (Å²) in [7, 11) is 0. The molecule has 2 aromatic carbocycles. The van der Waals surface area contributed by atoms with Crippen molar-refractivity contribution in [2.24, 2.45) is 0 Å². The van der Waals surface area contributed by atoms with Gasteiger partial charge < -0.3 is 5.84 Å². The highest BCUT2D eigenvalue weighted by Crippen LogP contribution is 2.23. The smallest absolute Gasteiger partial charge is 0.280 e. The molecule has 0 fully saturated rings. The van der Waals surface area contributed by atoms with Crippen LogP contribution in [0.1, 0.15) is 5.56 Å². The van der Waals surface area contributed by atoms with Crippen LogP contribution in [0, 0.1) is 0 Å². The summed E-state index contributed by atoms with van der Waals surface area (Å²) in [6.45, 7) is 0. The first kappa shape index (κ1) is 15.4. The van der Waals surface area contributed by atoms with Crippen molar-refractivity contribution in [3.8, 4) is 0 Å². The van der Waals surface area contributed by atoms with Crippen LogP contribution in [0.15, 0.2) is 56.9 Å². The Hall–Kier alpha value is -1.50. The highest BCUT2D eigenvalue weighted by Gasteiger charge is 2.10. The van der Waals surface area contributed by atoms with E-state index in [4.69, 9.17) is 17.4 Å². The van der Waals surface area contributed by atoms with Crippen LogP contribution >= 0.6 is 39.3 Å². The summed E-state index contributed by atoms with van der Waals surface area (Å²) in [6.07, 6.45) is 0. The average Bonchev–Trinajstić information content (AvgIpc) is 2.51. The van der Waals surface area contributed by atoms with Crippen LogP contribution < -0.4 is 11.4 Å².